The number of guanidine groups is 1. The lowest BCUT2D eigenvalue weighted by atomic mass is 9.99. The zero-order valence-corrected chi connectivity index (χ0v) is 14.7. The van der Waals surface area contributed by atoms with Gasteiger partial charge in [0.25, 0.3) is 0 Å². The molecule has 5 nitrogen and oxygen atoms in total. The maximum atomic E-state index is 12.4. The highest BCUT2D eigenvalue weighted by Gasteiger charge is 2.19. The minimum Gasteiger partial charge on any atom is -0.349 e. The lowest BCUT2D eigenvalue weighted by Gasteiger charge is -2.29. The van der Waals surface area contributed by atoms with E-state index in [0.717, 1.165) is 31.9 Å². The number of carbonyl (C=O) groups excluding carboxylic acids is 1. The quantitative estimate of drug-likeness (QED) is 0.483. The molecule has 0 aliphatic carbocycles. The van der Waals surface area contributed by atoms with Crippen molar-refractivity contribution in [3.8, 4) is 0 Å². The van der Waals surface area contributed by atoms with Gasteiger partial charge in [0.15, 0.2) is 5.96 Å². The summed E-state index contributed by atoms with van der Waals surface area (Å²) < 4.78 is 0. The molecular weight excluding hydrogens is 288 g/mol. The van der Waals surface area contributed by atoms with E-state index in [1.54, 1.807) is 0 Å². The second-order valence-corrected chi connectivity index (χ2v) is 6.41. The molecule has 23 heavy (non-hydrogen) atoms. The smallest absolute Gasteiger partial charge is 0.222 e. The van der Waals surface area contributed by atoms with Crippen LogP contribution >= 0.6 is 0 Å². The average Bonchev–Trinajstić information content (AvgIpc) is 2.53. The van der Waals surface area contributed by atoms with Gasteiger partial charge in [-0.15, -0.1) is 0 Å². The third kappa shape index (κ3) is 4.71. The maximum Gasteiger partial charge on any atom is 0.222 e. The number of carbonyl (C=O) groups is 1. The Morgan fingerprint density at radius 1 is 1.13 bits per heavy atom. The van der Waals surface area contributed by atoms with Gasteiger partial charge in [0.1, 0.15) is 0 Å². The summed E-state index contributed by atoms with van der Waals surface area (Å²) in [6.45, 7) is 2.26. The molecule has 0 spiro atoms. The molecular formula is C18H28N4O. The zero-order valence-electron chi connectivity index (χ0n) is 14.7. The van der Waals surface area contributed by atoms with Crippen molar-refractivity contribution in [1.82, 2.24) is 14.7 Å². The molecule has 1 heterocycles. The Hall–Kier alpha value is -2.04. The molecule has 0 N–H and O–H groups in total. The number of nitrogens with zero attached hydrogens (tertiary/aromatic N) is 4. The first-order chi connectivity index (χ1) is 11.0. The van der Waals surface area contributed by atoms with Gasteiger partial charge in [0.05, 0.1) is 0 Å². The fraction of sp³-hybridized carbons (Fsp3) is 0.556. The van der Waals surface area contributed by atoms with Gasteiger partial charge < -0.3 is 14.7 Å². The number of fused-ring (bicyclic) bond motifs is 1. The predicted octanol–water partition coefficient (Wildman–Crippen LogP) is 1.83. The van der Waals surface area contributed by atoms with Crippen molar-refractivity contribution in [2.75, 3.05) is 41.3 Å². The van der Waals surface area contributed by atoms with Crippen LogP contribution in [-0.2, 0) is 17.8 Å². The highest BCUT2D eigenvalue weighted by molar-refractivity contribution is 5.79. The Labute approximate surface area is 139 Å². The van der Waals surface area contributed by atoms with Gasteiger partial charge in [-0.25, -0.2) is 0 Å². The van der Waals surface area contributed by atoms with Crippen LogP contribution in [0, 0.1) is 0 Å². The van der Waals surface area contributed by atoms with E-state index in [9.17, 15) is 4.79 Å². The van der Waals surface area contributed by atoms with Crippen LogP contribution in [0.5, 0.6) is 0 Å². The van der Waals surface area contributed by atoms with Crippen molar-refractivity contribution >= 4 is 11.9 Å². The minimum atomic E-state index is 0.242. The van der Waals surface area contributed by atoms with Crippen molar-refractivity contribution in [3.05, 3.63) is 35.4 Å². The molecule has 0 bridgehead atoms. The van der Waals surface area contributed by atoms with Gasteiger partial charge >= 0.3 is 0 Å². The summed E-state index contributed by atoms with van der Waals surface area (Å²) in [5.41, 5.74) is 2.66. The number of benzene rings is 1. The van der Waals surface area contributed by atoms with Gasteiger partial charge in [0.2, 0.25) is 5.91 Å². The molecule has 0 saturated carbocycles. The summed E-state index contributed by atoms with van der Waals surface area (Å²) >= 11 is 0. The number of amides is 1. The Morgan fingerprint density at radius 2 is 1.78 bits per heavy atom. The molecule has 0 atom stereocenters. The van der Waals surface area contributed by atoms with Crippen LogP contribution in [0.2, 0.25) is 0 Å². The first-order valence-corrected chi connectivity index (χ1v) is 8.22. The van der Waals surface area contributed by atoms with Gasteiger partial charge in [0, 0.05) is 54.2 Å². The lowest BCUT2D eigenvalue weighted by Crippen LogP contribution is -2.36. The predicted molar refractivity (Wildman–Crippen MR) is 94.5 cm³/mol. The Morgan fingerprint density at radius 3 is 2.43 bits per heavy atom. The monoisotopic (exact) mass is 316 g/mol. The molecule has 0 unspecified atom stereocenters. The van der Waals surface area contributed by atoms with Gasteiger partial charge in [-0.3, -0.25) is 9.79 Å². The molecule has 126 valence electrons. The standard InChI is InChI=1S/C18H28N4O/c1-20(2)18(21(3)4)19-12-7-10-17(23)22-13-11-15-8-5-6-9-16(15)14-22/h5-6,8-9H,7,10-14H2,1-4H3. The fourth-order valence-electron chi connectivity index (χ4n) is 2.96. The van der Waals surface area contributed by atoms with Gasteiger partial charge in [-0.1, -0.05) is 24.3 Å². The van der Waals surface area contributed by atoms with Crippen molar-refractivity contribution in [2.24, 2.45) is 4.99 Å². The van der Waals surface area contributed by atoms with E-state index in [4.69, 9.17) is 0 Å². The van der Waals surface area contributed by atoms with Crippen LogP contribution < -0.4 is 0 Å². The van der Waals surface area contributed by atoms with E-state index < -0.39 is 0 Å². The molecule has 5 heteroatoms. The topological polar surface area (TPSA) is 39.2 Å². The molecule has 0 radical (unpaired) electrons. The molecule has 0 saturated heterocycles. The average molecular weight is 316 g/mol. The van der Waals surface area contributed by atoms with Crippen LogP contribution in [0.25, 0.3) is 0 Å². The minimum absolute atomic E-state index is 0.242. The van der Waals surface area contributed by atoms with Crippen LogP contribution in [-0.4, -0.2) is 67.8 Å². The summed E-state index contributed by atoms with van der Waals surface area (Å²) in [6.07, 6.45) is 2.33. The van der Waals surface area contributed by atoms with E-state index in [1.165, 1.54) is 11.1 Å². The number of hydrogen-bond acceptors (Lipinski definition) is 2. The fourth-order valence-corrected chi connectivity index (χ4v) is 2.96. The number of rotatable bonds is 4. The number of aliphatic imine (C=N–C) groups is 1. The second kappa shape index (κ2) is 7.99. The van der Waals surface area contributed by atoms with Crippen LogP contribution in [0.15, 0.2) is 29.3 Å². The maximum absolute atomic E-state index is 12.4. The largest absolute Gasteiger partial charge is 0.349 e. The third-order valence-corrected chi connectivity index (χ3v) is 4.09. The summed E-state index contributed by atoms with van der Waals surface area (Å²) in [6, 6.07) is 8.41. The molecule has 1 aliphatic heterocycles. The molecule has 1 aromatic carbocycles. The summed E-state index contributed by atoms with van der Waals surface area (Å²) in [4.78, 5) is 22.9. The number of hydrogen-bond donors (Lipinski definition) is 0. The van der Waals surface area contributed by atoms with Crippen molar-refractivity contribution in [3.63, 3.8) is 0 Å². The third-order valence-electron chi connectivity index (χ3n) is 4.09. The molecule has 0 fully saturated rings. The van der Waals surface area contributed by atoms with E-state index in [1.807, 2.05) is 49.0 Å². The zero-order chi connectivity index (χ0) is 16.8. The van der Waals surface area contributed by atoms with Crippen molar-refractivity contribution < 1.29 is 4.79 Å². The molecule has 0 aromatic heterocycles. The highest BCUT2D eigenvalue weighted by Crippen LogP contribution is 2.19. The summed E-state index contributed by atoms with van der Waals surface area (Å²) in [5.74, 6) is 1.18. The normalized spacial score (nSPS) is 13.3. The van der Waals surface area contributed by atoms with Crippen LogP contribution in [0.4, 0.5) is 0 Å². The summed E-state index contributed by atoms with van der Waals surface area (Å²) in [7, 11) is 7.93. The lowest BCUT2D eigenvalue weighted by molar-refractivity contribution is -0.132. The van der Waals surface area contributed by atoms with E-state index >= 15 is 0 Å². The first-order valence-electron chi connectivity index (χ1n) is 8.22. The van der Waals surface area contributed by atoms with E-state index in [2.05, 4.69) is 23.2 Å². The van der Waals surface area contributed by atoms with Gasteiger partial charge in [-0.2, -0.15) is 0 Å². The molecule has 1 aromatic rings. The van der Waals surface area contributed by atoms with Crippen LogP contribution in [0.3, 0.4) is 0 Å². The first kappa shape index (κ1) is 17.3. The van der Waals surface area contributed by atoms with Gasteiger partial charge in [-0.05, 0) is 24.0 Å². The summed E-state index contributed by atoms with van der Waals surface area (Å²) in [5, 5.41) is 0. The highest BCUT2D eigenvalue weighted by atomic mass is 16.2. The Balaban J connectivity index is 1.81. The van der Waals surface area contributed by atoms with Crippen molar-refractivity contribution in [2.45, 2.75) is 25.8 Å². The second-order valence-electron chi connectivity index (χ2n) is 6.41. The van der Waals surface area contributed by atoms with E-state index in [0.29, 0.717) is 13.0 Å². The SMILES string of the molecule is CN(C)C(=NCCCC(=O)N1CCc2ccccc2C1)N(C)C. The molecule has 1 amide bonds. The Bertz CT molecular complexity index is 556. The molecule has 1 aliphatic rings. The molecule has 2 rings (SSSR count). The van der Waals surface area contributed by atoms with Crippen molar-refractivity contribution in [1.29, 1.82) is 0 Å². The van der Waals surface area contributed by atoms with E-state index in [-0.39, 0.29) is 5.91 Å². The Kier molecular flexibility index (Phi) is 6.02. The van der Waals surface area contributed by atoms with Crippen LogP contribution in [0.1, 0.15) is 24.0 Å².